The van der Waals surface area contributed by atoms with Gasteiger partial charge in [0.25, 0.3) is 0 Å². The molecule has 4 atom stereocenters. The van der Waals surface area contributed by atoms with Gasteiger partial charge in [-0.1, -0.05) is 45.0 Å². The normalized spacial score (nSPS) is 27.2. The van der Waals surface area contributed by atoms with Gasteiger partial charge in [-0.25, -0.2) is 8.42 Å². The number of sulfone groups is 1. The number of ketones is 1. The summed E-state index contributed by atoms with van der Waals surface area (Å²) in [4.78, 5) is 13.8. The Kier molecular flexibility index (Phi) is 6.98. The number of hydrogen-bond acceptors (Lipinski definition) is 6. The van der Waals surface area contributed by atoms with E-state index < -0.39 is 42.4 Å². The van der Waals surface area contributed by atoms with Crippen LogP contribution in [-0.2, 0) is 28.5 Å². The number of ether oxygens (including phenoxy) is 2. The Morgan fingerprint density at radius 3 is 2.39 bits per heavy atom. The monoisotopic (exact) mass is 466 g/mol. The van der Waals surface area contributed by atoms with E-state index in [1.165, 1.54) is 0 Å². The van der Waals surface area contributed by atoms with Crippen LogP contribution in [-0.4, -0.2) is 48.1 Å². The fourth-order valence-corrected chi connectivity index (χ4v) is 6.31. The lowest BCUT2D eigenvalue weighted by molar-refractivity contribution is -0.221. The molecule has 0 aromatic heterocycles. The summed E-state index contributed by atoms with van der Waals surface area (Å²) in [6.45, 7) is 13.1. The molecule has 1 aliphatic heterocycles. The van der Waals surface area contributed by atoms with Crippen molar-refractivity contribution in [1.82, 2.24) is 0 Å². The largest absolute Gasteiger partial charge is 0.414 e. The number of carbonyl (C=O) groups is 1. The van der Waals surface area contributed by atoms with Crippen molar-refractivity contribution >= 4 is 23.9 Å². The SMILES string of the molecule is CCO[C@H]1O[C@H](CO[Si](C)(C)C(C)(C)C)C(=O)[C@@H]2CC(S(=O)(=O)c3ccccc3)=C[C@H]12. The summed E-state index contributed by atoms with van der Waals surface area (Å²) in [5.74, 6) is -0.994. The Hall–Kier alpha value is -1.32. The number of allylic oxidation sites excluding steroid dienone is 1. The molecule has 0 radical (unpaired) electrons. The number of Topliss-reactive ketones (excluding diaryl/α,β-unsaturated/α-hetero) is 1. The molecule has 1 fully saturated rings. The Balaban J connectivity index is 1.82. The minimum Gasteiger partial charge on any atom is -0.414 e. The molecule has 1 heterocycles. The van der Waals surface area contributed by atoms with Crippen LogP contribution in [0.2, 0.25) is 18.1 Å². The van der Waals surface area contributed by atoms with Crippen LogP contribution in [0, 0.1) is 11.8 Å². The van der Waals surface area contributed by atoms with Gasteiger partial charge in [0.15, 0.2) is 20.4 Å². The zero-order valence-electron chi connectivity index (χ0n) is 19.3. The molecular weight excluding hydrogens is 432 g/mol. The summed E-state index contributed by atoms with van der Waals surface area (Å²) in [7, 11) is -5.72. The van der Waals surface area contributed by atoms with Crippen molar-refractivity contribution < 1.29 is 27.1 Å². The number of hydrogen-bond donors (Lipinski definition) is 0. The van der Waals surface area contributed by atoms with E-state index in [1.54, 1.807) is 36.4 Å². The molecule has 31 heavy (non-hydrogen) atoms. The van der Waals surface area contributed by atoms with Crippen molar-refractivity contribution in [2.45, 2.75) is 69.5 Å². The van der Waals surface area contributed by atoms with Crippen LogP contribution in [0.3, 0.4) is 0 Å². The van der Waals surface area contributed by atoms with Crippen LogP contribution in [0.4, 0.5) is 0 Å². The van der Waals surface area contributed by atoms with Crippen LogP contribution in [0.1, 0.15) is 34.1 Å². The van der Waals surface area contributed by atoms with E-state index in [2.05, 4.69) is 33.9 Å². The van der Waals surface area contributed by atoms with Crippen molar-refractivity contribution in [2.75, 3.05) is 13.2 Å². The summed E-state index contributed by atoms with van der Waals surface area (Å²) in [5.41, 5.74) is 0. The van der Waals surface area contributed by atoms with Gasteiger partial charge in [-0.3, -0.25) is 4.79 Å². The second-order valence-corrected chi connectivity index (χ2v) is 16.6. The van der Waals surface area contributed by atoms with Gasteiger partial charge < -0.3 is 13.9 Å². The molecule has 1 aromatic carbocycles. The van der Waals surface area contributed by atoms with Crippen molar-refractivity contribution in [3.8, 4) is 0 Å². The van der Waals surface area contributed by atoms with Gasteiger partial charge in [-0.15, -0.1) is 0 Å². The smallest absolute Gasteiger partial charge is 0.202 e. The van der Waals surface area contributed by atoms with Crippen molar-refractivity contribution in [2.24, 2.45) is 11.8 Å². The molecule has 0 spiro atoms. The van der Waals surface area contributed by atoms with Crippen LogP contribution < -0.4 is 0 Å². The summed E-state index contributed by atoms with van der Waals surface area (Å²) >= 11 is 0. The molecule has 1 aliphatic carbocycles. The first-order chi connectivity index (χ1) is 14.4. The highest BCUT2D eigenvalue weighted by atomic mass is 32.2. The minimum atomic E-state index is -3.66. The van der Waals surface area contributed by atoms with Gasteiger partial charge in [0.05, 0.1) is 11.5 Å². The third-order valence-electron chi connectivity index (χ3n) is 6.69. The molecule has 6 nitrogen and oxygen atoms in total. The van der Waals surface area contributed by atoms with E-state index >= 15 is 0 Å². The standard InChI is InChI=1S/C23H34O6SSi/c1-7-27-22-19-14-17(30(25,26)16-11-9-8-10-12-16)13-18(19)21(24)20(29-22)15-28-31(5,6)23(2,3)4/h8-12,14,18-20,22H,7,13,15H2,1-6H3/t18-,19+,20-,22+/m1/s1. The van der Waals surface area contributed by atoms with Crippen LogP contribution in [0.5, 0.6) is 0 Å². The fourth-order valence-electron chi connectivity index (χ4n) is 3.76. The number of benzene rings is 1. The lowest BCUT2D eigenvalue weighted by Crippen LogP contribution is -2.51. The number of carbonyl (C=O) groups excluding carboxylic acids is 1. The number of fused-ring (bicyclic) bond motifs is 1. The Morgan fingerprint density at radius 2 is 1.81 bits per heavy atom. The molecule has 0 saturated carbocycles. The molecule has 8 heteroatoms. The lowest BCUT2D eigenvalue weighted by atomic mass is 9.85. The molecule has 3 rings (SSSR count). The van der Waals surface area contributed by atoms with E-state index in [0.29, 0.717) is 6.61 Å². The van der Waals surface area contributed by atoms with Crippen molar-refractivity contribution in [3.05, 3.63) is 41.3 Å². The van der Waals surface area contributed by atoms with Crippen molar-refractivity contribution in [3.63, 3.8) is 0 Å². The topological polar surface area (TPSA) is 78.9 Å². The van der Waals surface area contributed by atoms with Gasteiger partial charge in [0.1, 0.15) is 6.10 Å². The highest BCUT2D eigenvalue weighted by Crippen LogP contribution is 2.44. The third kappa shape index (κ3) is 4.88. The van der Waals surface area contributed by atoms with E-state index in [1.807, 2.05) is 6.92 Å². The van der Waals surface area contributed by atoms with Gasteiger partial charge >= 0.3 is 0 Å². The predicted octanol–water partition coefficient (Wildman–Crippen LogP) is 4.33. The second kappa shape index (κ2) is 8.90. The maximum atomic E-state index is 13.3. The molecule has 0 N–H and O–H groups in total. The average molecular weight is 467 g/mol. The minimum absolute atomic E-state index is 0.0123. The van der Waals surface area contributed by atoms with E-state index in [9.17, 15) is 13.2 Å². The quantitative estimate of drug-likeness (QED) is 0.557. The zero-order chi connectivity index (χ0) is 23.0. The van der Waals surface area contributed by atoms with Crippen molar-refractivity contribution in [1.29, 1.82) is 0 Å². The molecule has 0 unspecified atom stereocenters. The number of rotatable bonds is 7. The Labute approximate surface area is 187 Å². The van der Waals surface area contributed by atoms with Gasteiger partial charge in [-0.2, -0.15) is 0 Å². The zero-order valence-corrected chi connectivity index (χ0v) is 21.1. The fraction of sp³-hybridized carbons (Fsp3) is 0.609. The average Bonchev–Trinajstić information content (AvgIpc) is 3.16. The summed E-state index contributed by atoms with van der Waals surface area (Å²) < 4.78 is 44.3. The van der Waals surface area contributed by atoms with E-state index in [0.717, 1.165) is 0 Å². The first-order valence-corrected chi connectivity index (χ1v) is 15.2. The molecule has 2 aliphatic rings. The van der Waals surface area contributed by atoms with Gasteiger partial charge in [-0.05, 0) is 43.6 Å². The second-order valence-electron chi connectivity index (χ2n) is 9.76. The van der Waals surface area contributed by atoms with Gasteiger partial charge in [0.2, 0.25) is 9.84 Å². The predicted molar refractivity (Wildman–Crippen MR) is 122 cm³/mol. The first kappa shape index (κ1) is 24.3. The summed E-state index contributed by atoms with van der Waals surface area (Å²) in [5, 5.41) is 0.0123. The summed E-state index contributed by atoms with van der Waals surface area (Å²) in [6.07, 6.45) is 0.420. The molecule has 1 aromatic rings. The molecule has 172 valence electrons. The first-order valence-electron chi connectivity index (χ1n) is 10.8. The summed E-state index contributed by atoms with van der Waals surface area (Å²) in [6, 6.07) is 8.32. The Morgan fingerprint density at radius 1 is 1.16 bits per heavy atom. The van der Waals surface area contributed by atoms with E-state index in [4.69, 9.17) is 13.9 Å². The highest BCUT2D eigenvalue weighted by molar-refractivity contribution is 7.95. The molecular formula is C23H34O6SSi. The molecule has 0 bridgehead atoms. The third-order valence-corrected chi connectivity index (χ3v) is 13.1. The maximum absolute atomic E-state index is 13.3. The van der Waals surface area contributed by atoms with E-state index in [-0.39, 0.29) is 33.6 Å². The lowest BCUT2D eigenvalue weighted by Gasteiger charge is -2.40. The highest BCUT2D eigenvalue weighted by Gasteiger charge is 2.50. The van der Waals surface area contributed by atoms with Gasteiger partial charge in [0, 0.05) is 23.3 Å². The van der Waals surface area contributed by atoms with Crippen LogP contribution in [0.15, 0.2) is 46.2 Å². The molecule has 0 amide bonds. The Bertz CT molecular complexity index is 933. The van der Waals surface area contributed by atoms with Crippen LogP contribution >= 0.6 is 0 Å². The maximum Gasteiger partial charge on any atom is 0.202 e. The van der Waals surface area contributed by atoms with Crippen LogP contribution in [0.25, 0.3) is 0 Å². The molecule has 1 saturated heterocycles.